The molecule has 0 aromatic heterocycles. The largest absolute Gasteiger partial charge is 0.492 e. The van der Waals surface area contributed by atoms with Gasteiger partial charge in [-0.2, -0.15) is 0 Å². The lowest BCUT2D eigenvalue weighted by molar-refractivity contribution is 0.183. The van der Waals surface area contributed by atoms with Crippen molar-refractivity contribution in [3.8, 4) is 5.75 Å². The molecule has 1 fully saturated rings. The third-order valence-corrected chi connectivity index (χ3v) is 3.81. The number of benzene rings is 1. The van der Waals surface area contributed by atoms with Crippen molar-refractivity contribution in [2.75, 3.05) is 32.8 Å². The summed E-state index contributed by atoms with van der Waals surface area (Å²) >= 11 is 0. The van der Waals surface area contributed by atoms with Crippen LogP contribution in [0.15, 0.2) is 18.2 Å². The second-order valence-corrected chi connectivity index (χ2v) is 5.72. The molecule has 0 saturated carbocycles. The van der Waals surface area contributed by atoms with Crippen molar-refractivity contribution in [3.05, 3.63) is 29.6 Å². The van der Waals surface area contributed by atoms with Crippen molar-refractivity contribution in [1.82, 2.24) is 10.2 Å². The van der Waals surface area contributed by atoms with Gasteiger partial charge in [0.2, 0.25) is 0 Å². The second-order valence-electron chi connectivity index (χ2n) is 5.72. The quantitative estimate of drug-likeness (QED) is 0.745. The summed E-state index contributed by atoms with van der Waals surface area (Å²) < 4.78 is 19.3. The molecule has 1 N–H and O–H groups in total. The molecule has 1 saturated heterocycles. The number of piperidine rings is 1. The van der Waals surface area contributed by atoms with Crippen molar-refractivity contribution in [2.24, 2.45) is 0 Å². The minimum Gasteiger partial charge on any atom is -0.492 e. The Morgan fingerprint density at radius 1 is 1.19 bits per heavy atom. The van der Waals surface area contributed by atoms with Gasteiger partial charge in [0.25, 0.3) is 0 Å². The molecule has 3 nitrogen and oxygen atoms in total. The molecule has 4 heteroatoms. The maximum absolute atomic E-state index is 13.6. The third-order valence-electron chi connectivity index (χ3n) is 3.81. The lowest BCUT2D eigenvalue weighted by Crippen LogP contribution is -2.33. The summed E-state index contributed by atoms with van der Waals surface area (Å²) in [4.78, 5) is 2.42. The fraction of sp³-hybridized carbons (Fsp3) is 0.647. The number of rotatable bonds is 8. The molecule has 0 radical (unpaired) electrons. The summed E-state index contributed by atoms with van der Waals surface area (Å²) in [6.45, 7) is 7.64. The highest BCUT2D eigenvalue weighted by Crippen LogP contribution is 2.17. The summed E-state index contributed by atoms with van der Waals surface area (Å²) in [7, 11) is 0. The molecule has 1 aromatic carbocycles. The van der Waals surface area contributed by atoms with Crippen LogP contribution < -0.4 is 10.1 Å². The van der Waals surface area contributed by atoms with E-state index < -0.39 is 0 Å². The number of nitrogens with one attached hydrogen (secondary N) is 1. The fourth-order valence-electron chi connectivity index (χ4n) is 2.69. The molecule has 1 aromatic rings. The van der Waals surface area contributed by atoms with Gasteiger partial charge in [0.05, 0.1) is 0 Å². The molecule has 0 aliphatic carbocycles. The van der Waals surface area contributed by atoms with E-state index in [-0.39, 0.29) is 5.82 Å². The molecule has 2 rings (SSSR count). The molecule has 0 atom stereocenters. The number of hydrogen-bond acceptors (Lipinski definition) is 3. The first-order valence-corrected chi connectivity index (χ1v) is 8.13. The Bertz CT molecular complexity index is 419. The molecular formula is C17H27FN2O. The van der Waals surface area contributed by atoms with E-state index in [1.807, 2.05) is 6.07 Å². The zero-order valence-corrected chi connectivity index (χ0v) is 13.0. The topological polar surface area (TPSA) is 24.5 Å². The Morgan fingerprint density at radius 2 is 2.00 bits per heavy atom. The molecule has 0 bridgehead atoms. The van der Waals surface area contributed by atoms with E-state index in [2.05, 4.69) is 17.1 Å². The summed E-state index contributed by atoms with van der Waals surface area (Å²) in [5.41, 5.74) is 0.941. The number of hydrogen-bond donors (Lipinski definition) is 1. The van der Waals surface area contributed by atoms with E-state index in [9.17, 15) is 4.39 Å². The summed E-state index contributed by atoms with van der Waals surface area (Å²) in [6.07, 6.45) is 4.99. The van der Waals surface area contributed by atoms with E-state index in [0.29, 0.717) is 18.9 Å². The average Bonchev–Trinajstić information content (AvgIpc) is 2.48. The van der Waals surface area contributed by atoms with Crippen LogP contribution in [0, 0.1) is 5.82 Å². The monoisotopic (exact) mass is 294 g/mol. The van der Waals surface area contributed by atoms with Crippen LogP contribution in [0.25, 0.3) is 0 Å². The number of likely N-dealkylation sites (tertiary alicyclic amines) is 1. The van der Waals surface area contributed by atoms with Gasteiger partial charge in [-0.1, -0.05) is 13.3 Å². The lowest BCUT2D eigenvalue weighted by atomic mass is 10.1. The first-order valence-electron chi connectivity index (χ1n) is 8.13. The van der Waals surface area contributed by atoms with Crippen LogP contribution in [0.1, 0.15) is 38.2 Å². The van der Waals surface area contributed by atoms with Crippen LogP contribution in [0.5, 0.6) is 5.75 Å². The van der Waals surface area contributed by atoms with Crippen LogP contribution >= 0.6 is 0 Å². The molecule has 1 aliphatic rings. The van der Waals surface area contributed by atoms with E-state index in [1.54, 1.807) is 6.07 Å². The van der Waals surface area contributed by atoms with Crippen molar-refractivity contribution < 1.29 is 9.13 Å². The van der Waals surface area contributed by atoms with Gasteiger partial charge in [-0.05, 0) is 56.6 Å². The third kappa shape index (κ3) is 6.02. The van der Waals surface area contributed by atoms with Gasteiger partial charge in [0.1, 0.15) is 18.2 Å². The Hall–Kier alpha value is -1.13. The molecular weight excluding hydrogens is 267 g/mol. The Balaban J connectivity index is 1.78. The van der Waals surface area contributed by atoms with Crippen molar-refractivity contribution >= 4 is 0 Å². The molecule has 21 heavy (non-hydrogen) atoms. The number of nitrogens with zero attached hydrogens (tertiary/aromatic N) is 1. The average molecular weight is 294 g/mol. The predicted molar refractivity (Wildman–Crippen MR) is 84.2 cm³/mol. The van der Waals surface area contributed by atoms with Gasteiger partial charge >= 0.3 is 0 Å². The minimum absolute atomic E-state index is 0.223. The molecule has 118 valence electrons. The molecule has 1 aliphatic heterocycles. The summed E-state index contributed by atoms with van der Waals surface area (Å²) in [6, 6.07) is 4.97. The molecule has 1 heterocycles. The van der Waals surface area contributed by atoms with Crippen molar-refractivity contribution in [2.45, 2.75) is 39.2 Å². The van der Waals surface area contributed by atoms with Crippen LogP contribution in [0.4, 0.5) is 4.39 Å². The molecule has 0 amide bonds. The number of halogens is 1. The van der Waals surface area contributed by atoms with Crippen LogP contribution in [-0.4, -0.2) is 37.7 Å². The first-order chi connectivity index (χ1) is 10.3. The van der Waals surface area contributed by atoms with E-state index in [0.717, 1.165) is 25.1 Å². The van der Waals surface area contributed by atoms with Gasteiger partial charge < -0.3 is 10.1 Å². The van der Waals surface area contributed by atoms with E-state index in [4.69, 9.17) is 4.74 Å². The maximum atomic E-state index is 13.6. The molecule has 0 spiro atoms. The Kier molecular flexibility index (Phi) is 6.96. The minimum atomic E-state index is -0.223. The Labute approximate surface area is 127 Å². The van der Waals surface area contributed by atoms with Crippen molar-refractivity contribution in [3.63, 3.8) is 0 Å². The SMILES string of the molecule is CCCNCc1cc(F)cc(OCCN2CCCCC2)c1. The smallest absolute Gasteiger partial charge is 0.127 e. The second kappa shape index (κ2) is 9.00. The molecule has 0 unspecified atom stereocenters. The summed E-state index contributed by atoms with van der Waals surface area (Å²) in [5.74, 6) is 0.416. The van der Waals surface area contributed by atoms with Crippen LogP contribution in [0.3, 0.4) is 0 Å². The highest BCUT2D eigenvalue weighted by molar-refractivity contribution is 5.29. The highest BCUT2D eigenvalue weighted by Gasteiger charge is 2.09. The van der Waals surface area contributed by atoms with Crippen LogP contribution in [0.2, 0.25) is 0 Å². The highest BCUT2D eigenvalue weighted by atomic mass is 19.1. The Morgan fingerprint density at radius 3 is 2.76 bits per heavy atom. The lowest BCUT2D eigenvalue weighted by Gasteiger charge is -2.26. The first kappa shape index (κ1) is 16.2. The normalized spacial score (nSPS) is 16.1. The zero-order valence-electron chi connectivity index (χ0n) is 13.0. The van der Waals surface area contributed by atoms with Gasteiger partial charge in [-0.25, -0.2) is 4.39 Å². The zero-order chi connectivity index (χ0) is 14.9. The predicted octanol–water partition coefficient (Wildman–Crippen LogP) is 3.19. The standard InChI is InChI=1S/C17H27FN2O/c1-2-6-19-14-15-11-16(18)13-17(12-15)21-10-9-20-7-4-3-5-8-20/h11-13,19H,2-10,14H2,1H3. The van der Waals surface area contributed by atoms with Crippen LogP contribution in [-0.2, 0) is 6.54 Å². The van der Waals surface area contributed by atoms with E-state index >= 15 is 0 Å². The van der Waals surface area contributed by atoms with E-state index in [1.165, 1.54) is 38.4 Å². The van der Waals surface area contributed by atoms with Gasteiger partial charge in [-0.15, -0.1) is 0 Å². The van der Waals surface area contributed by atoms with Gasteiger partial charge in [0, 0.05) is 19.2 Å². The maximum Gasteiger partial charge on any atom is 0.127 e. The van der Waals surface area contributed by atoms with Gasteiger partial charge in [-0.3, -0.25) is 4.90 Å². The fourth-order valence-corrected chi connectivity index (χ4v) is 2.69. The summed E-state index contributed by atoms with van der Waals surface area (Å²) in [5, 5.41) is 3.28. The van der Waals surface area contributed by atoms with Gasteiger partial charge in [0.15, 0.2) is 0 Å². The number of ether oxygens (including phenoxy) is 1. The van der Waals surface area contributed by atoms with Crippen molar-refractivity contribution in [1.29, 1.82) is 0 Å².